The van der Waals surface area contributed by atoms with Gasteiger partial charge < -0.3 is 15.8 Å². The second-order valence-electron chi connectivity index (χ2n) is 5.31. The van der Waals surface area contributed by atoms with Gasteiger partial charge in [-0.3, -0.25) is 14.6 Å². The van der Waals surface area contributed by atoms with Crippen molar-refractivity contribution < 1.29 is 14.3 Å². The van der Waals surface area contributed by atoms with Gasteiger partial charge in [-0.2, -0.15) is 0 Å². The number of aromatic nitrogens is 3. The molecule has 0 aliphatic carbocycles. The molecule has 0 radical (unpaired) electrons. The van der Waals surface area contributed by atoms with Crippen LogP contribution in [0.25, 0.3) is 0 Å². The van der Waals surface area contributed by atoms with Crippen LogP contribution >= 0.6 is 0 Å². The number of nitrogens with one attached hydrogen (secondary N) is 1. The van der Waals surface area contributed by atoms with Crippen molar-refractivity contribution in [2.45, 2.75) is 6.61 Å². The Balaban J connectivity index is 1.65. The Morgan fingerprint density at radius 2 is 2.00 bits per heavy atom. The van der Waals surface area contributed by atoms with Gasteiger partial charge in [0.2, 0.25) is 5.91 Å². The van der Waals surface area contributed by atoms with E-state index in [4.69, 9.17) is 10.5 Å². The highest BCUT2D eigenvalue weighted by molar-refractivity contribution is 6.02. The maximum Gasteiger partial charge on any atom is 0.274 e. The number of rotatable bonds is 6. The minimum Gasteiger partial charge on any atom is -0.487 e. The van der Waals surface area contributed by atoms with Crippen LogP contribution in [0.2, 0.25) is 0 Å². The van der Waals surface area contributed by atoms with Crippen LogP contribution in [0.3, 0.4) is 0 Å². The topological polar surface area (TPSA) is 120 Å². The Hall–Kier alpha value is -3.81. The molecule has 26 heavy (non-hydrogen) atoms. The quantitative estimate of drug-likeness (QED) is 0.700. The van der Waals surface area contributed by atoms with Crippen molar-refractivity contribution in [1.82, 2.24) is 15.0 Å². The van der Waals surface area contributed by atoms with Crippen molar-refractivity contribution in [2.75, 3.05) is 5.32 Å². The zero-order valence-corrected chi connectivity index (χ0v) is 13.6. The molecule has 130 valence electrons. The van der Waals surface area contributed by atoms with Gasteiger partial charge in [0.05, 0.1) is 11.8 Å². The lowest BCUT2D eigenvalue weighted by Gasteiger charge is -2.09. The summed E-state index contributed by atoms with van der Waals surface area (Å²) in [4.78, 5) is 34.9. The number of anilines is 1. The lowest BCUT2D eigenvalue weighted by atomic mass is 10.2. The Morgan fingerprint density at radius 1 is 1.12 bits per heavy atom. The predicted octanol–water partition coefficient (Wildman–Crippen LogP) is 1.80. The van der Waals surface area contributed by atoms with Crippen LogP contribution in [-0.4, -0.2) is 26.8 Å². The summed E-state index contributed by atoms with van der Waals surface area (Å²) in [6.07, 6.45) is 5.68. The average Bonchev–Trinajstić information content (AvgIpc) is 2.67. The van der Waals surface area contributed by atoms with Gasteiger partial charge in [0, 0.05) is 18.1 Å². The molecular formula is C18H15N5O3. The van der Waals surface area contributed by atoms with E-state index in [1.807, 2.05) is 6.07 Å². The van der Waals surface area contributed by atoms with Crippen LogP contribution < -0.4 is 15.8 Å². The van der Waals surface area contributed by atoms with Crippen LogP contribution in [-0.2, 0) is 6.61 Å². The van der Waals surface area contributed by atoms with Gasteiger partial charge in [-0.15, -0.1) is 0 Å². The standard InChI is InChI=1S/C18H15N5O3/c19-17(24)13-7-15(9-21-8-13)26-10-12-2-1-3-14(6-12)23-18(25)16-4-5-20-11-22-16/h1-9,11H,10H2,(H2,19,24)(H,23,25). The highest BCUT2D eigenvalue weighted by Crippen LogP contribution is 2.16. The first-order chi connectivity index (χ1) is 12.6. The fraction of sp³-hybridized carbons (Fsp3) is 0.0556. The van der Waals surface area contributed by atoms with Crippen molar-refractivity contribution in [3.63, 3.8) is 0 Å². The van der Waals surface area contributed by atoms with Crippen LogP contribution in [0, 0.1) is 0 Å². The first kappa shape index (κ1) is 17.0. The maximum atomic E-state index is 12.1. The van der Waals surface area contributed by atoms with Gasteiger partial charge in [-0.25, -0.2) is 9.97 Å². The summed E-state index contributed by atoms with van der Waals surface area (Å²) < 4.78 is 5.62. The Kier molecular flexibility index (Phi) is 5.14. The number of carbonyl (C=O) groups is 2. The summed E-state index contributed by atoms with van der Waals surface area (Å²) in [5, 5.41) is 2.76. The largest absolute Gasteiger partial charge is 0.487 e. The van der Waals surface area contributed by atoms with E-state index >= 15 is 0 Å². The third-order valence-electron chi connectivity index (χ3n) is 3.40. The van der Waals surface area contributed by atoms with Crippen LogP contribution in [0.5, 0.6) is 5.75 Å². The SMILES string of the molecule is NC(=O)c1cncc(OCc2cccc(NC(=O)c3ccncn3)c2)c1. The zero-order chi connectivity index (χ0) is 18.4. The molecule has 3 N–H and O–H groups in total. The van der Waals surface area contributed by atoms with Crippen LogP contribution in [0.4, 0.5) is 5.69 Å². The van der Waals surface area contributed by atoms with Gasteiger partial charge >= 0.3 is 0 Å². The first-order valence-electron chi connectivity index (χ1n) is 7.66. The lowest BCUT2D eigenvalue weighted by Crippen LogP contribution is -2.13. The molecular weight excluding hydrogens is 334 g/mol. The second-order valence-corrected chi connectivity index (χ2v) is 5.31. The van der Waals surface area contributed by atoms with Crippen LogP contribution in [0.15, 0.2) is 61.3 Å². The molecule has 0 aliphatic rings. The molecule has 3 rings (SSSR count). The highest BCUT2D eigenvalue weighted by atomic mass is 16.5. The fourth-order valence-corrected chi connectivity index (χ4v) is 2.16. The highest BCUT2D eigenvalue weighted by Gasteiger charge is 2.08. The number of nitrogens with zero attached hydrogens (tertiary/aromatic N) is 3. The minimum absolute atomic E-state index is 0.237. The Bertz CT molecular complexity index is 931. The second kappa shape index (κ2) is 7.84. The van der Waals surface area contributed by atoms with E-state index in [9.17, 15) is 9.59 Å². The third-order valence-corrected chi connectivity index (χ3v) is 3.40. The van der Waals surface area contributed by atoms with Crippen molar-refractivity contribution in [1.29, 1.82) is 0 Å². The predicted molar refractivity (Wildman–Crippen MR) is 93.5 cm³/mol. The number of pyridine rings is 1. The van der Waals surface area contributed by atoms with Gasteiger partial charge in [-0.1, -0.05) is 12.1 Å². The molecule has 0 atom stereocenters. The van der Waals surface area contributed by atoms with E-state index in [2.05, 4.69) is 20.3 Å². The van der Waals surface area contributed by atoms with E-state index < -0.39 is 5.91 Å². The molecule has 0 saturated carbocycles. The molecule has 0 fully saturated rings. The summed E-state index contributed by atoms with van der Waals surface area (Å²) in [6, 6.07) is 10.2. The molecule has 0 spiro atoms. The van der Waals surface area contributed by atoms with Gasteiger partial charge in [0.25, 0.3) is 5.91 Å². The normalized spacial score (nSPS) is 10.2. The summed E-state index contributed by atoms with van der Waals surface area (Å²) in [5.41, 5.74) is 7.20. The molecule has 2 heterocycles. The maximum absolute atomic E-state index is 12.1. The molecule has 2 aromatic heterocycles. The Morgan fingerprint density at radius 3 is 2.77 bits per heavy atom. The van der Waals surface area contributed by atoms with Gasteiger partial charge in [-0.05, 0) is 29.8 Å². The third kappa shape index (κ3) is 4.38. The van der Waals surface area contributed by atoms with E-state index in [1.165, 1.54) is 37.1 Å². The number of nitrogens with two attached hydrogens (primary N) is 1. The monoisotopic (exact) mass is 349 g/mol. The number of hydrogen-bond acceptors (Lipinski definition) is 6. The van der Waals surface area contributed by atoms with E-state index in [1.54, 1.807) is 18.2 Å². The zero-order valence-electron chi connectivity index (χ0n) is 13.6. The molecule has 3 aromatic rings. The van der Waals surface area contributed by atoms with Crippen molar-refractivity contribution in [3.05, 3.63) is 78.1 Å². The Labute approximate surface area is 149 Å². The van der Waals surface area contributed by atoms with E-state index in [-0.39, 0.29) is 23.8 Å². The molecule has 0 bridgehead atoms. The number of hydrogen-bond donors (Lipinski definition) is 2. The van der Waals surface area contributed by atoms with Crippen LogP contribution in [0.1, 0.15) is 26.4 Å². The van der Waals surface area contributed by atoms with Gasteiger partial charge in [0.1, 0.15) is 24.4 Å². The molecule has 8 heteroatoms. The summed E-state index contributed by atoms with van der Waals surface area (Å²) in [7, 11) is 0. The first-order valence-corrected chi connectivity index (χ1v) is 7.66. The molecule has 0 saturated heterocycles. The van der Waals surface area contributed by atoms with E-state index in [0.29, 0.717) is 11.4 Å². The van der Waals surface area contributed by atoms with Crippen molar-refractivity contribution >= 4 is 17.5 Å². The summed E-state index contributed by atoms with van der Waals surface area (Å²) >= 11 is 0. The average molecular weight is 349 g/mol. The molecule has 0 aliphatic heterocycles. The molecule has 2 amide bonds. The summed E-state index contributed by atoms with van der Waals surface area (Å²) in [6.45, 7) is 0.237. The lowest BCUT2D eigenvalue weighted by molar-refractivity contribution is 0.0996. The van der Waals surface area contributed by atoms with Crippen molar-refractivity contribution in [2.24, 2.45) is 5.73 Å². The minimum atomic E-state index is -0.572. The van der Waals surface area contributed by atoms with E-state index in [0.717, 1.165) is 5.56 Å². The van der Waals surface area contributed by atoms with Gasteiger partial charge in [0.15, 0.2) is 0 Å². The number of primary amides is 1. The molecule has 0 unspecified atom stereocenters. The number of carbonyl (C=O) groups excluding carboxylic acids is 2. The molecule has 1 aromatic carbocycles. The van der Waals surface area contributed by atoms with Crippen molar-refractivity contribution in [3.8, 4) is 5.75 Å². The number of benzene rings is 1. The number of amides is 2. The number of ether oxygens (including phenoxy) is 1. The molecule has 8 nitrogen and oxygen atoms in total. The summed E-state index contributed by atoms with van der Waals surface area (Å²) in [5.74, 6) is -0.474. The smallest absolute Gasteiger partial charge is 0.274 e. The fourth-order valence-electron chi connectivity index (χ4n) is 2.16.